The van der Waals surface area contributed by atoms with Crippen LogP contribution in [0.15, 0.2) is 29.2 Å². The van der Waals surface area contributed by atoms with Crippen molar-refractivity contribution in [3.05, 3.63) is 51.4 Å². The summed E-state index contributed by atoms with van der Waals surface area (Å²) < 4.78 is 3.41. The summed E-state index contributed by atoms with van der Waals surface area (Å²) in [6.45, 7) is 5.43. The molecule has 0 aromatic carbocycles. The fraction of sp³-hybridized carbons (Fsp3) is 0.538. The second-order valence-corrected chi connectivity index (χ2v) is 9.77. The van der Waals surface area contributed by atoms with Crippen molar-refractivity contribution in [1.82, 2.24) is 24.2 Å². The summed E-state index contributed by atoms with van der Waals surface area (Å²) in [5, 5.41) is 12.4. The van der Waals surface area contributed by atoms with Crippen LogP contribution in [-0.2, 0) is 0 Å². The van der Waals surface area contributed by atoms with E-state index in [1.54, 1.807) is 16.7 Å². The summed E-state index contributed by atoms with van der Waals surface area (Å²) in [7, 11) is 0. The average molecular weight is 463 g/mol. The Bertz CT molecular complexity index is 1330. The molecule has 3 aromatic rings. The van der Waals surface area contributed by atoms with Gasteiger partial charge >= 0.3 is 0 Å². The van der Waals surface area contributed by atoms with Gasteiger partial charge in [-0.25, -0.2) is 4.98 Å². The van der Waals surface area contributed by atoms with E-state index in [-0.39, 0.29) is 28.6 Å². The summed E-state index contributed by atoms with van der Waals surface area (Å²) in [4.78, 5) is 34.0. The van der Waals surface area contributed by atoms with Crippen molar-refractivity contribution in [2.75, 3.05) is 26.2 Å². The van der Waals surface area contributed by atoms with E-state index in [0.29, 0.717) is 23.2 Å². The average Bonchev–Trinajstić information content (AvgIpc) is 2.86. The highest BCUT2D eigenvalue weighted by Crippen LogP contribution is 2.29. The van der Waals surface area contributed by atoms with Crippen LogP contribution in [0.25, 0.3) is 16.7 Å². The van der Waals surface area contributed by atoms with Crippen molar-refractivity contribution >= 4 is 22.6 Å². The van der Waals surface area contributed by atoms with Gasteiger partial charge in [0.05, 0.1) is 10.9 Å². The van der Waals surface area contributed by atoms with Crippen LogP contribution < -0.4 is 16.4 Å². The molecular formula is C26H34N6O2. The van der Waals surface area contributed by atoms with Crippen LogP contribution in [0.3, 0.4) is 0 Å². The third-order valence-corrected chi connectivity index (χ3v) is 7.42. The van der Waals surface area contributed by atoms with Crippen molar-refractivity contribution in [3.8, 4) is 0 Å². The topological polar surface area (TPSA) is 95.5 Å². The SMILES string of the molecule is Cc1cccn2c(=O)c3cc(C(=O)NCCN4CCCCC4)c(=N)n(C4CCCCC4)c3nc12. The Morgan fingerprint density at radius 1 is 1.12 bits per heavy atom. The lowest BCUT2D eigenvalue weighted by atomic mass is 9.94. The molecule has 1 aliphatic carbocycles. The smallest absolute Gasteiger partial charge is 0.267 e. The standard InChI is InChI=1S/C26H34N6O2/c1-18-9-8-15-31-23(18)29-24-21(26(31)34)17-20(22(27)32(24)19-10-4-2-5-11-19)25(33)28-12-16-30-13-6-3-7-14-30/h8-9,15,17,19,27H,2-7,10-14,16H2,1H3,(H,28,33). The molecule has 4 heterocycles. The van der Waals surface area contributed by atoms with Gasteiger partial charge in [0.2, 0.25) is 0 Å². The number of fused-ring (bicyclic) bond motifs is 2. The maximum absolute atomic E-state index is 13.5. The van der Waals surface area contributed by atoms with Gasteiger partial charge in [0.15, 0.2) is 0 Å². The summed E-state index contributed by atoms with van der Waals surface area (Å²) >= 11 is 0. The number of hydrogen-bond acceptors (Lipinski definition) is 5. The summed E-state index contributed by atoms with van der Waals surface area (Å²) in [5.74, 6) is -0.290. The Hall–Kier alpha value is -3.00. The molecule has 5 rings (SSSR count). The third-order valence-electron chi connectivity index (χ3n) is 7.42. The van der Waals surface area contributed by atoms with Crippen molar-refractivity contribution in [2.45, 2.75) is 64.3 Å². The number of amides is 1. The Morgan fingerprint density at radius 2 is 1.85 bits per heavy atom. The van der Waals surface area contributed by atoms with Gasteiger partial charge in [0, 0.05) is 25.3 Å². The molecule has 1 aliphatic heterocycles. The largest absolute Gasteiger partial charge is 0.351 e. The van der Waals surface area contributed by atoms with Crippen LogP contribution in [-0.4, -0.2) is 50.9 Å². The highest BCUT2D eigenvalue weighted by molar-refractivity contribution is 5.96. The Morgan fingerprint density at radius 3 is 2.62 bits per heavy atom. The van der Waals surface area contributed by atoms with Gasteiger partial charge in [-0.15, -0.1) is 0 Å². The van der Waals surface area contributed by atoms with Crippen molar-refractivity contribution in [1.29, 1.82) is 5.41 Å². The molecule has 1 amide bonds. The molecule has 1 saturated heterocycles. The molecule has 0 bridgehead atoms. The van der Waals surface area contributed by atoms with E-state index in [2.05, 4.69) is 10.2 Å². The molecular weight excluding hydrogens is 428 g/mol. The zero-order valence-corrected chi connectivity index (χ0v) is 20.0. The quantitative estimate of drug-likeness (QED) is 0.570. The summed E-state index contributed by atoms with van der Waals surface area (Å²) in [5.41, 5.74) is 2.23. The monoisotopic (exact) mass is 462 g/mol. The Labute approximate surface area is 199 Å². The predicted molar refractivity (Wildman–Crippen MR) is 132 cm³/mol. The molecule has 2 N–H and O–H groups in total. The first-order valence-corrected chi connectivity index (χ1v) is 12.7. The number of piperidine rings is 1. The fourth-order valence-electron chi connectivity index (χ4n) is 5.53. The third kappa shape index (κ3) is 4.27. The van der Waals surface area contributed by atoms with Crippen LogP contribution >= 0.6 is 0 Å². The van der Waals surface area contributed by atoms with Crippen LogP contribution in [0.5, 0.6) is 0 Å². The minimum absolute atomic E-state index is 0.0724. The Kier molecular flexibility index (Phi) is 6.50. The molecule has 0 unspecified atom stereocenters. The highest BCUT2D eigenvalue weighted by atomic mass is 16.1. The van der Waals surface area contributed by atoms with Crippen molar-refractivity contribution in [3.63, 3.8) is 0 Å². The minimum Gasteiger partial charge on any atom is -0.351 e. The van der Waals surface area contributed by atoms with Crippen LogP contribution in [0.4, 0.5) is 0 Å². The first kappa shape index (κ1) is 22.8. The van der Waals surface area contributed by atoms with Crippen molar-refractivity contribution in [2.24, 2.45) is 0 Å². The molecule has 2 fully saturated rings. The lowest BCUT2D eigenvalue weighted by Crippen LogP contribution is -2.40. The van der Waals surface area contributed by atoms with Gasteiger partial charge in [-0.1, -0.05) is 31.7 Å². The molecule has 180 valence electrons. The number of nitrogens with one attached hydrogen (secondary N) is 2. The number of carbonyl (C=O) groups is 1. The maximum atomic E-state index is 13.5. The second-order valence-electron chi connectivity index (χ2n) is 9.77. The van der Waals surface area contributed by atoms with E-state index in [1.165, 1.54) is 25.7 Å². The lowest BCUT2D eigenvalue weighted by Gasteiger charge is -2.27. The number of likely N-dealkylation sites (tertiary alicyclic amines) is 1. The Balaban J connectivity index is 1.57. The van der Waals surface area contributed by atoms with Crippen LogP contribution in [0, 0.1) is 12.3 Å². The summed E-state index contributed by atoms with van der Waals surface area (Å²) in [6, 6.07) is 5.42. The fourth-order valence-corrected chi connectivity index (χ4v) is 5.53. The number of aryl methyl sites for hydroxylation is 1. The van der Waals surface area contributed by atoms with Gasteiger partial charge < -0.3 is 14.8 Å². The van der Waals surface area contributed by atoms with E-state index in [0.717, 1.165) is 50.9 Å². The maximum Gasteiger partial charge on any atom is 0.267 e. The minimum atomic E-state index is -0.290. The molecule has 3 aromatic heterocycles. The van der Waals surface area contributed by atoms with E-state index in [4.69, 9.17) is 10.4 Å². The zero-order valence-electron chi connectivity index (χ0n) is 20.0. The highest BCUT2D eigenvalue weighted by Gasteiger charge is 2.24. The molecule has 1 saturated carbocycles. The zero-order chi connectivity index (χ0) is 23.7. The lowest BCUT2D eigenvalue weighted by molar-refractivity contribution is 0.0943. The van der Waals surface area contributed by atoms with E-state index in [1.807, 2.05) is 23.6 Å². The molecule has 34 heavy (non-hydrogen) atoms. The normalized spacial score (nSPS) is 17.9. The van der Waals surface area contributed by atoms with E-state index >= 15 is 0 Å². The van der Waals surface area contributed by atoms with Gasteiger partial charge in [-0.05, 0) is 63.4 Å². The second kappa shape index (κ2) is 9.70. The number of hydrogen-bond donors (Lipinski definition) is 2. The molecule has 0 spiro atoms. The number of nitrogens with zero attached hydrogens (tertiary/aromatic N) is 4. The predicted octanol–water partition coefficient (Wildman–Crippen LogP) is 3.16. The molecule has 0 radical (unpaired) electrons. The number of carbonyl (C=O) groups excluding carboxylic acids is 1. The number of aromatic nitrogens is 3. The van der Waals surface area contributed by atoms with Gasteiger partial charge in [0.1, 0.15) is 16.8 Å². The summed E-state index contributed by atoms with van der Waals surface area (Å²) in [6.07, 6.45) is 10.6. The molecule has 2 aliphatic rings. The first-order valence-electron chi connectivity index (χ1n) is 12.7. The molecule has 8 heteroatoms. The van der Waals surface area contributed by atoms with Crippen LogP contribution in [0.2, 0.25) is 0 Å². The van der Waals surface area contributed by atoms with E-state index < -0.39 is 0 Å². The van der Waals surface area contributed by atoms with Crippen LogP contribution in [0.1, 0.15) is 73.3 Å². The van der Waals surface area contributed by atoms with Gasteiger partial charge in [0.25, 0.3) is 11.5 Å². The number of rotatable bonds is 5. The number of pyridine rings is 2. The molecule has 8 nitrogen and oxygen atoms in total. The van der Waals surface area contributed by atoms with E-state index in [9.17, 15) is 9.59 Å². The first-order chi connectivity index (χ1) is 16.5. The van der Waals surface area contributed by atoms with Gasteiger partial charge in [-0.3, -0.25) is 19.4 Å². The van der Waals surface area contributed by atoms with Gasteiger partial charge in [-0.2, -0.15) is 0 Å². The van der Waals surface area contributed by atoms with Crippen molar-refractivity contribution < 1.29 is 4.79 Å². The molecule has 0 atom stereocenters.